The zero-order valence-corrected chi connectivity index (χ0v) is 17.6. The van der Waals surface area contributed by atoms with Crippen LogP contribution in [0.5, 0.6) is 0 Å². The maximum atomic E-state index is 13.4. The molecule has 0 radical (unpaired) electrons. The molecule has 0 fully saturated rings. The van der Waals surface area contributed by atoms with Gasteiger partial charge in [-0.15, -0.1) is 0 Å². The Morgan fingerprint density at radius 3 is 2.61 bits per heavy atom. The molecule has 1 aliphatic heterocycles. The highest BCUT2D eigenvalue weighted by atomic mass is 19.4. The Bertz CT molecular complexity index is 1310. The number of aromatic nitrogens is 3. The van der Waals surface area contributed by atoms with Crippen molar-refractivity contribution in [3.05, 3.63) is 94.9 Å². The van der Waals surface area contributed by atoms with Gasteiger partial charge in [0.25, 0.3) is 5.91 Å². The number of hydrogen-bond acceptors (Lipinski definition) is 4. The van der Waals surface area contributed by atoms with Crippen molar-refractivity contribution in [1.82, 2.24) is 19.8 Å². The number of amides is 1. The Morgan fingerprint density at radius 2 is 1.91 bits per heavy atom. The molecule has 0 saturated heterocycles. The minimum atomic E-state index is -4.45. The number of nitrogens with zero attached hydrogens (tertiary/aromatic N) is 4. The number of carbonyl (C=O) groups excluding carboxylic acids is 1. The first kappa shape index (κ1) is 21.0. The fraction of sp³-hybridized carbons (Fsp3) is 0.208. The molecule has 168 valence electrons. The predicted octanol–water partition coefficient (Wildman–Crippen LogP) is 4.88. The molecule has 2 aromatic carbocycles. The van der Waals surface area contributed by atoms with Crippen molar-refractivity contribution in [1.29, 1.82) is 0 Å². The topological polar surface area (TPSA) is 64.2 Å². The third-order valence-corrected chi connectivity index (χ3v) is 5.81. The largest absolute Gasteiger partial charge is 0.416 e. The quantitative estimate of drug-likeness (QED) is 0.444. The number of benzene rings is 2. The lowest BCUT2D eigenvalue weighted by Gasteiger charge is -2.34. The summed E-state index contributed by atoms with van der Waals surface area (Å²) in [6, 6.07) is 14.5. The fourth-order valence-electron chi connectivity index (χ4n) is 4.16. The van der Waals surface area contributed by atoms with E-state index < -0.39 is 17.7 Å². The van der Waals surface area contributed by atoms with Crippen LogP contribution in [-0.4, -0.2) is 32.3 Å². The highest BCUT2D eigenvalue weighted by Crippen LogP contribution is 2.38. The van der Waals surface area contributed by atoms with Gasteiger partial charge in [-0.2, -0.15) is 18.3 Å². The number of hydrogen-bond donors (Lipinski definition) is 0. The van der Waals surface area contributed by atoms with Gasteiger partial charge in [-0.25, -0.2) is 0 Å². The van der Waals surface area contributed by atoms with Crippen LogP contribution in [-0.2, 0) is 19.8 Å². The second kappa shape index (κ2) is 7.91. The Labute approximate surface area is 187 Å². The maximum Gasteiger partial charge on any atom is 0.416 e. The third kappa shape index (κ3) is 4.02. The molecule has 9 heteroatoms. The molecule has 0 bridgehead atoms. The molecule has 6 nitrogen and oxygen atoms in total. The van der Waals surface area contributed by atoms with Gasteiger partial charge in [0.1, 0.15) is 0 Å². The molecule has 1 atom stereocenters. The van der Waals surface area contributed by atoms with Crippen LogP contribution in [0.15, 0.2) is 71.5 Å². The number of carbonyl (C=O) groups is 1. The van der Waals surface area contributed by atoms with Crippen LogP contribution >= 0.6 is 0 Å². The van der Waals surface area contributed by atoms with Crippen molar-refractivity contribution < 1.29 is 22.5 Å². The molecular weight excluding hydrogens is 433 g/mol. The second-order valence-electron chi connectivity index (χ2n) is 8.04. The Hall–Kier alpha value is -3.88. The molecule has 0 saturated carbocycles. The molecule has 0 spiro atoms. The predicted molar refractivity (Wildman–Crippen MR) is 113 cm³/mol. The normalized spacial score (nSPS) is 16.0. The van der Waals surface area contributed by atoms with Gasteiger partial charge in [0.15, 0.2) is 11.5 Å². The van der Waals surface area contributed by atoms with Gasteiger partial charge in [0, 0.05) is 43.9 Å². The van der Waals surface area contributed by atoms with Crippen LogP contribution in [0.4, 0.5) is 13.2 Å². The minimum absolute atomic E-state index is 0.147. The molecule has 5 rings (SSSR count). The van der Waals surface area contributed by atoms with E-state index >= 15 is 0 Å². The first-order valence-electron chi connectivity index (χ1n) is 10.3. The van der Waals surface area contributed by atoms with Crippen LogP contribution < -0.4 is 0 Å². The average molecular weight is 452 g/mol. The molecule has 0 N–H and O–H groups in total. The zero-order valence-electron chi connectivity index (χ0n) is 17.6. The lowest BCUT2D eigenvalue weighted by atomic mass is 9.84. The fourth-order valence-corrected chi connectivity index (χ4v) is 4.16. The summed E-state index contributed by atoms with van der Waals surface area (Å²) in [6.45, 7) is 0.378. The van der Waals surface area contributed by atoms with E-state index in [1.54, 1.807) is 35.1 Å². The summed E-state index contributed by atoms with van der Waals surface area (Å²) in [5, 5.41) is 8.11. The molecule has 3 heterocycles. The number of halogens is 3. The Balaban J connectivity index is 1.49. The lowest BCUT2D eigenvalue weighted by Crippen LogP contribution is -2.39. The number of alkyl halides is 3. The highest BCUT2D eigenvalue weighted by molar-refractivity contribution is 5.93. The summed E-state index contributed by atoms with van der Waals surface area (Å²) in [4.78, 5) is 14.8. The maximum absolute atomic E-state index is 13.4. The van der Waals surface area contributed by atoms with E-state index in [1.165, 1.54) is 12.1 Å². The molecule has 1 aliphatic rings. The summed E-state index contributed by atoms with van der Waals surface area (Å²) in [7, 11) is 1.74. The lowest BCUT2D eigenvalue weighted by molar-refractivity contribution is -0.137. The average Bonchev–Trinajstić information content (AvgIpc) is 3.47. The smallest absolute Gasteiger partial charge is 0.355 e. The molecule has 1 unspecified atom stereocenters. The molecule has 4 aromatic rings. The van der Waals surface area contributed by atoms with Crippen LogP contribution in [0, 0.1) is 0 Å². The second-order valence-corrected chi connectivity index (χ2v) is 8.04. The number of fused-ring (bicyclic) bond motifs is 1. The van der Waals surface area contributed by atoms with Crippen molar-refractivity contribution in [3.8, 4) is 11.3 Å². The van der Waals surface area contributed by atoms with E-state index in [1.807, 2.05) is 30.3 Å². The first-order chi connectivity index (χ1) is 15.8. The van der Waals surface area contributed by atoms with Crippen molar-refractivity contribution in [2.24, 2.45) is 7.05 Å². The first-order valence-corrected chi connectivity index (χ1v) is 10.3. The van der Waals surface area contributed by atoms with Crippen LogP contribution in [0.3, 0.4) is 0 Å². The minimum Gasteiger partial charge on any atom is -0.355 e. The van der Waals surface area contributed by atoms with Crippen molar-refractivity contribution in [3.63, 3.8) is 0 Å². The van der Waals surface area contributed by atoms with Crippen molar-refractivity contribution >= 4 is 5.91 Å². The summed E-state index contributed by atoms with van der Waals surface area (Å²) >= 11 is 0. The van der Waals surface area contributed by atoms with E-state index in [9.17, 15) is 18.0 Å². The van der Waals surface area contributed by atoms with Gasteiger partial charge in [-0.3, -0.25) is 9.48 Å². The van der Waals surface area contributed by atoms with Crippen molar-refractivity contribution in [2.75, 3.05) is 6.54 Å². The molecule has 2 aromatic heterocycles. The Morgan fingerprint density at radius 1 is 1.12 bits per heavy atom. The monoisotopic (exact) mass is 452 g/mol. The van der Waals surface area contributed by atoms with Crippen molar-refractivity contribution in [2.45, 2.75) is 18.6 Å². The van der Waals surface area contributed by atoms with Gasteiger partial charge in [-0.05, 0) is 28.8 Å². The highest BCUT2D eigenvalue weighted by Gasteiger charge is 2.36. The summed E-state index contributed by atoms with van der Waals surface area (Å²) in [6.07, 6.45) is -1.07. The molecular formula is C24H19F3N4O2. The van der Waals surface area contributed by atoms with Gasteiger partial charge in [0.05, 0.1) is 11.8 Å². The summed E-state index contributed by atoms with van der Waals surface area (Å²) in [5.74, 6) is -0.329. The van der Waals surface area contributed by atoms with Crippen LogP contribution in [0.25, 0.3) is 11.3 Å². The van der Waals surface area contributed by atoms with E-state index in [4.69, 9.17) is 4.52 Å². The van der Waals surface area contributed by atoms with E-state index in [0.717, 1.165) is 17.2 Å². The van der Waals surface area contributed by atoms with Crippen LogP contribution in [0.1, 0.15) is 38.7 Å². The van der Waals surface area contributed by atoms with Gasteiger partial charge >= 0.3 is 6.18 Å². The van der Waals surface area contributed by atoms with E-state index in [-0.39, 0.29) is 24.7 Å². The Kier molecular flexibility index (Phi) is 5.03. The molecule has 1 amide bonds. The van der Waals surface area contributed by atoms with Gasteiger partial charge < -0.3 is 9.42 Å². The number of aryl methyl sites for hydroxylation is 1. The third-order valence-electron chi connectivity index (χ3n) is 5.81. The number of rotatable bonds is 3. The van der Waals surface area contributed by atoms with E-state index in [0.29, 0.717) is 16.9 Å². The van der Waals surface area contributed by atoms with Gasteiger partial charge in [-0.1, -0.05) is 41.6 Å². The summed E-state index contributed by atoms with van der Waals surface area (Å²) < 4.78 is 47.0. The van der Waals surface area contributed by atoms with Gasteiger partial charge in [0.2, 0.25) is 0 Å². The SMILES string of the molecule is Cn1cc(C2CN(C(=O)c3cc(-c4ccccc4)on3)Cc3ccc(C(F)(F)F)cc32)cn1. The molecule has 33 heavy (non-hydrogen) atoms. The zero-order chi connectivity index (χ0) is 23.2. The summed E-state index contributed by atoms with van der Waals surface area (Å²) in [5.41, 5.74) is 2.17. The molecule has 0 aliphatic carbocycles. The van der Waals surface area contributed by atoms with E-state index in [2.05, 4.69) is 10.3 Å². The standard InChI is InChI=1S/C24H19F3N4O2/c1-30-12-17(11-28-30)20-14-31(13-16-7-8-18(9-19(16)20)24(25,26)27)23(32)21-10-22(33-29-21)15-5-3-2-4-6-15/h2-12,20H,13-14H2,1H3. The van der Waals surface area contributed by atoms with Crippen LogP contribution in [0.2, 0.25) is 0 Å².